The summed E-state index contributed by atoms with van der Waals surface area (Å²) in [6.07, 6.45) is 14.9. The van der Waals surface area contributed by atoms with Crippen LogP contribution in [-0.2, 0) is 17.8 Å². The van der Waals surface area contributed by atoms with Crippen LogP contribution in [0.3, 0.4) is 0 Å². The monoisotopic (exact) mass is 641 g/mol. The molecule has 2 atom stereocenters. The number of pyridine rings is 2. The zero-order valence-corrected chi connectivity index (χ0v) is 27.9. The number of likely N-dealkylation sites (N-methyl/N-ethyl adjacent to an activating group) is 1. The Hall–Kier alpha value is -4.12. The normalized spacial score (nSPS) is 17.4. The molecular weight excluding hydrogens is 590 g/mol. The SMILES string of the molecule is CCCCN(C)C1=CC(N)C(NCc2ccc(OCCOCCOc3ccc(CNc4ccc(N5CCCC5)cc4)nc3)cn2)C=C1. The first-order chi connectivity index (χ1) is 23.1. The molecule has 0 saturated carbocycles. The van der Waals surface area contributed by atoms with Crippen molar-refractivity contribution in [2.45, 2.75) is 57.8 Å². The summed E-state index contributed by atoms with van der Waals surface area (Å²) in [5, 5.41) is 6.94. The lowest BCUT2D eigenvalue weighted by Gasteiger charge is -2.28. The third-order valence-electron chi connectivity index (χ3n) is 8.46. The fraction of sp³-hybridized carbons (Fsp3) is 0.459. The van der Waals surface area contributed by atoms with Gasteiger partial charge in [-0.25, -0.2) is 0 Å². The Bertz CT molecular complexity index is 1390. The van der Waals surface area contributed by atoms with Gasteiger partial charge in [0.2, 0.25) is 0 Å². The smallest absolute Gasteiger partial charge is 0.137 e. The number of ether oxygens (including phenoxy) is 3. The fourth-order valence-electron chi connectivity index (χ4n) is 5.59. The number of rotatable bonds is 19. The maximum Gasteiger partial charge on any atom is 0.137 e. The van der Waals surface area contributed by atoms with Crippen LogP contribution in [0.5, 0.6) is 11.5 Å². The van der Waals surface area contributed by atoms with E-state index in [-0.39, 0.29) is 12.1 Å². The van der Waals surface area contributed by atoms with E-state index in [0.717, 1.165) is 42.5 Å². The minimum atomic E-state index is -0.0782. The highest BCUT2D eigenvalue weighted by atomic mass is 16.5. The van der Waals surface area contributed by atoms with E-state index in [1.165, 1.54) is 37.1 Å². The van der Waals surface area contributed by atoms with E-state index in [1.54, 1.807) is 12.4 Å². The van der Waals surface area contributed by atoms with Gasteiger partial charge in [-0.1, -0.05) is 19.4 Å². The highest BCUT2D eigenvalue weighted by molar-refractivity contribution is 5.55. The van der Waals surface area contributed by atoms with E-state index < -0.39 is 0 Å². The van der Waals surface area contributed by atoms with Crippen molar-refractivity contribution in [3.8, 4) is 11.5 Å². The van der Waals surface area contributed by atoms with Crippen LogP contribution in [0.2, 0.25) is 0 Å². The molecule has 1 aromatic carbocycles. The number of benzene rings is 1. The number of nitrogens with two attached hydrogens (primary N) is 1. The summed E-state index contributed by atoms with van der Waals surface area (Å²) in [5.74, 6) is 1.44. The third-order valence-corrected chi connectivity index (χ3v) is 8.46. The van der Waals surface area contributed by atoms with Gasteiger partial charge in [-0.15, -0.1) is 0 Å². The molecule has 0 bridgehead atoms. The molecule has 2 aliphatic rings. The summed E-state index contributed by atoms with van der Waals surface area (Å²) >= 11 is 0. The van der Waals surface area contributed by atoms with Crippen LogP contribution in [0.15, 0.2) is 84.8 Å². The van der Waals surface area contributed by atoms with Crippen LogP contribution >= 0.6 is 0 Å². The summed E-state index contributed by atoms with van der Waals surface area (Å²) in [4.78, 5) is 13.8. The fourth-order valence-corrected chi connectivity index (χ4v) is 5.59. The molecule has 0 amide bonds. The van der Waals surface area contributed by atoms with E-state index >= 15 is 0 Å². The molecular formula is C37H51N7O3. The molecule has 0 radical (unpaired) electrons. The van der Waals surface area contributed by atoms with E-state index in [1.807, 2.05) is 24.3 Å². The molecule has 2 unspecified atom stereocenters. The van der Waals surface area contributed by atoms with Gasteiger partial charge in [0.05, 0.1) is 43.5 Å². The van der Waals surface area contributed by atoms with Crippen LogP contribution < -0.4 is 30.7 Å². The van der Waals surface area contributed by atoms with Crippen molar-refractivity contribution >= 4 is 11.4 Å². The zero-order valence-electron chi connectivity index (χ0n) is 27.9. The second-order valence-corrected chi connectivity index (χ2v) is 12.1. The predicted octanol–water partition coefficient (Wildman–Crippen LogP) is 5.13. The van der Waals surface area contributed by atoms with Crippen molar-refractivity contribution in [1.82, 2.24) is 20.2 Å². The Labute approximate surface area is 280 Å². The number of nitrogens with one attached hydrogen (secondary N) is 2. The topological polar surface area (TPSA) is 110 Å². The lowest BCUT2D eigenvalue weighted by molar-refractivity contribution is 0.0762. The van der Waals surface area contributed by atoms with Gasteiger partial charge >= 0.3 is 0 Å². The van der Waals surface area contributed by atoms with E-state index in [2.05, 4.69) is 86.9 Å². The van der Waals surface area contributed by atoms with Gasteiger partial charge in [0.1, 0.15) is 24.7 Å². The Morgan fingerprint density at radius 3 is 2.13 bits per heavy atom. The standard InChI is InChI=1S/C37H51N7O3/c1-3-4-17-43(2)33-13-16-37(36(38)24-33)42-26-31-10-15-35(28-41-31)47-23-21-45-20-22-46-34-14-9-30(40-27-34)25-39-29-7-11-32(12-8-29)44-18-5-6-19-44/h7-16,24,27-28,36-37,39,42H,3-6,17-23,25-26,38H2,1-2H3. The van der Waals surface area contributed by atoms with Crippen LogP contribution in [-0.4, -0.2) is 80.1 Å². The van der Waals surface area contributed by atoms with E-state index in [4.69, 9.17) is 19.9 Å². The minimum absolute atomic E-state index is 0.0727. The largest absolute Gasteiger partial charge is 0.490 e. The molecule has 2 aromatic heterocycles. The highest BCUT2D eigenvalue weighted by Gasteiger charge is 2.18. The molecule has 1 saturated heterocycles. The third kappa shape index (κ3) is 11.0. The quantitative estimate of drug-likeness (QED) is 0.152. The summed E-state index contributed by atoms with van der Waals surface area (Å²) in [5.41, 5.74) is 11.9. The maximum absolute atomic E-state index is 6.42. The number of hydrogen-bond acceptors (Lipinski definition) is 10. The molecule has 1 aliphatic heterocycles. The second-order valence-electron chi connectivity index (χ2n) is 12.1. The molecule has 252 valence electrons. The van der Waals surface area contributed by atoms with E-state index in [9.17, 15) is 0 Å². The zero-order chi connectivity index (χ0) is 32.7. The molecule has 10 heteroatoms. The summed E-state index contributed by atoms with van der Waals surface area (Å²) in [7, 11) is 2.12. The highest BCUT2D eigenvalue weighted by Crippen LogP contribution is 2.22. The Morgan fingerprint density at radius 2 is 1.53 bits per heavy atom. The molecule has 3 heterocycles. The summed E-state index contributed by atoms with van der Waals surface area (Å²) in [6.45, 7) is 8.65. The summed E-state index contributed by atoms with van der Waals surface area (Å²) < 4.78 is 17.2. The molecule has 4 N–H and O–H groups in total. The molecule has 5 rings (SSSR count). The van der Waals surface area contributed by atoms with Crippen LogP contribution in [0.25, 0.3) is 0 Å². The minimum Gasteiger partial charge on any atom is -0.490 e. The van der Waals surface area contributed by atoms with Crippen molar-refractivity contribution in [2.75, 3.05) is 63.3 Å². The number of hydrogen-bond donors (Lipinski definition) is 3. The van der Waals surface area contributed by atoms with Crippen molar-refractivity contribution in [1.29, 1.82) is 0 Å². The van der Waals surface area contributed by atoms with Gasteiger partial charge in [0.25, 0.3) is 0 Å². The van der Waals surface area contributed by atoms with Crippen molar-refractivity contribution < 1.29 is 14.2 Å². The van der Waals surface area contributed by atoms with Gasteiger partial charge < -0.3 is 40.4 Å². The van der Waals surface area contributed by atoms with Crippen molar-refractivity contribution in [3.05, 3.63) is 96.2 Å². The first-order valence-electron chi connectivity index (χ1n) is 17.0. The van der Waals surface area contributed by atoms with E-state index in [0.29, 0.717) is 45.3 Å². The van der Waals surface area contributed by atoms with Crippen molar-refractivity contribution in [2.24, 2.45) is 5.73 Å². The first kappa shape index (κ1) is 34.2. The lowest BCUT2D eigenvalue weighted by Crippen LogP contribution is -2.44. The number of nitrogens with zero attached hydrogens (tertiary/aromatic N) is 4. The molecule has 1 aliphatic carbocycles. The van der Waals surface area contributed by atoms with Gasteiger partial charge in [-0.3, -0.25) is 9.97 Å². The van der Waals surface area contributed by atoms with Gasteiger partial charge in [-0.05, 0) is 79.9 Å². The van der Waals surface area contributed by atoms with Gasteiger partial charge in [0.15, 0.2) is 0 Å². The average Bonchev–Trinajstić information content (AvgIpc) is 3.65. The van der Waals surface area contributed by atoms with Gasteiger partial charge in [0, 0.05) is 62.4 Å². The molecule has 1 fully saturated rings. The Balaban J connectivity index is 0.901. The van der Waals surface area contributed by atoms with Crippen LogP contribution in [0.4, 0.5) is 11.4 Å². The predicted molar refractivity (Wildman–Crippen MR) is 189 cm³/mol. The second kappa shape index (κ2) is 18.3. The lowest BCUT2D eigenvalue weighted by atomic mass is 10.0. The first-order valence-corrected chi connectivity index (χ1v) is 17.0. The van der Waals surface area contributed by atoms with Crippen LogP contribution in [0.1, 0.15) is 44.0 Å². The number of allylic oxidation sites excluding steroid dienone is 1. The number of aromatic nitrogens is 2. The Kier molecular flexibility index (Phi) is 13.3. The number of unbranched alkanes of at least 4 members (excludes halogenated alkanes) is 1. The molecule has 3 aromatic rings. The average molecular weight is 642 g/mol. The summed E-state index contributed by atoms with van der Waals surface area (Å²) in [6, 6.07) is 16.5. The molecule has 47 heavy (non-hydrogen) atoms. The van der Waals surface area contributed by atoms with Gasteiger partial charge in [-0.2, -0.15) is 0 Å². The van der Waals surface area contributed by atoms with Crippen LogP contribution in [0, 0.1) is 0 Å². The number of anilines is 2. The van der Waals surface area contributed by atoms with Crippen molar-refractivity contribution in [3.63, 3.8) is 0 Å². The molecule has 10 nitrogen and oxygen atoms in total. The molecule has 0 spiro atoms. The maximum atomic E-state index is 6.42. The Morgan fingerprint density at radius 1 is 0.872 bits per heavy atom.